The predicted molar refractivity (Wildman–Crippen MR) is 99.7 cm³/mol. The fourth-order valence-corrected chi connectivity index (χ4v) is 3.99. The van der Waals surface area contributed by atoms with Crippen molar-refractivity contribution in [1.29, 1.82) is 0 Å². The molecule has 4 aromatic rings. The summed E-state index contributed by atoms with van der Waals surface area (Å²) in [6.07, 6.45) is 4.23. The van der Waals surface area contributed by atoms with Gasteiger partial charge in [-0.3, -0.25) is 9.36 Å². The van der Waals surface area contributed by atoms with Gasteiger partial charge in [-0.1, -0.05) is 22.5 Å². The van der Waals surface area contributed by atoms with Gasteiger partial charge in [-0.05, 0) is 42.9 Å². The molecular formula is C19H18FN7O2. The highest BCUT2D eigenvalue weighted by Gasteiger charge is 2.30. The zero-order valence-electron chi connectivity index (χ0n) is 15.7. The summed E-state index contributed by atoms with van der Waals surface area (Å²) in [6.45, 7) is 0.133. The van der Waals surface area contributed by atoms with Gasteiger partial charge in [0, 0.05) is 13.0 Å². The van der Waals surface area contributed by atoms with Crippen LogP contribution in [-0.4, -0.2) is 34.7 Å². The molecule has 10 heteroatoms. The molecule has 0 unspecified atom stereocenters. The molecule has 148 valence electrons. The molecular weight excluding hydrogens is 377 g/mol. The Hall–Kier alpha value is -3.43. The normalized spacial score (nSPS) is 19.2. The third kappa shape index (κ3) is 3.20. The zero-order chi connectivity index (χ0) is 20.0. The molecule has 0 bridgehead atoms. The smallest absolute Gasteiger partial charge is 0.281 e. The summed E-state index contributed by atoms with van der Waals surface area (Å²) in [5.74, 6) is 1.31. The Kier molecular flexibility index (Phi) is 4.18. The van der Waals surface area contributed by atoms with Crippen LogP contribution >= 0.6 is 0 Å². The highest BCUT2D eigenvalue weighted by atomic mass is 19.1. The Morgan fingerprint density at radius 1 is 1.21 bits per heavy atom. The van der Waals surface area contributed by atoms with E-state index < -0.39 is 0 Å². The van der Waals surface area contributed by atoms with E-state index in [1.54, 1.807) is 7.05 Å². The maximum atomic E-state index is 13.1. The molecule has 1 aliphatic rings. The van der Waals surface area contributed by atoms with Gasteiger partial charge in [-0.25, -0.2) is 14.1 Å². The number of aromatic nitrogens is 7. The molecule has 0 aliphatic heterocycles. The first-order valence-corrected chi connectivity index (χ1v) is 9.41. The monoisotopic (exact) mass is 395 g/mol. The van der Waals surface area contributed by atoms with Crippen molar-refractivity contribution in [2.75, 3.05) is 0 Å². The van der Waals surface area contributed by atoms with E-state index in [1.807, 2.05) is 12.1 Å². The molecule has 0 N–H and O–H groups in total. The Bertz CT molecular complexity index is 1230. The van der Waals surface area contributed by atoms with Crippen LogP contribution in [0.25, 0.3) is 11.2 Å². The van der Waals surface area contributed by atoms with Gasteiger partial charge < -0.3 is 4.52 Å². The van der Waals surface area contributed by atoms with Gasteiger partial charge in [0.25, 0.3) is 5.56 Å². The predicted octanol–water partition coefficient (Wildman–Crippen LogP) is 2.15. The quantitative estimate of drug-likeness (QED) is 0.521. The molecule has 0 radical (unpaired) electrons. The van der Waals surface area contributed by atoms with Crippen LogP contribution in [0.15, 0.2) is 39.9 Å². The van der Waals surface area contributed by atoms with E-state index in [1.165, 1.54) is 27.7 Å². The third-order valence-electron chi connectivity index (χ3n) is 5.52. The summed E-state index contributed by atoms with van der Waals surface area (Å²) in [5.41, 5.74) is 1.50. The van der Waals surface area contributed by atoms with E-state index in [9.17, 15) is 9.18 Å². The number of hydrogen-bond acceptors (Lipinski definition) is 7. The van der Waals surface area contributed by atoms with E-state index in [4.69, 9.17) is 4.52 Å². The largest absolute Gasteiger partial charge is 0.337 e. The van der Waals surface area contributed by atoms with Crippen molar-refractivity contribution in [3.05, 3.63) is 64.0 Å². The van der Waals surface area contributed by atoms with Crippen molar-refractivity contribution >= 4 is 11.2 Å². The molecule has 1 aliphatic carbocycles. The van der Waals surface area contributed by atoms with Gasteiger partial charge in [0.15, 0.2) is 11.3 Å². The van der Waals surface area contributed by atoms with Gasteiger partial charge in [0.05, 0.1) is 0 Å². The molecule has 5 rings (SSSR count). The molecule has 29 heavy (non-hydrogen) atoms. The van der Waals surface area contributed by atoms with Crippen molar-refractivity contribution < 1.29 is 8.91 Å². The van der Waals surface area contributed by atoms with E-state index in [0.29, 0.717) is 28.8 Å². The topological polar surface area (TPSA) is 105 Å². The Balaban J connectivity index is 1.32. The van der Waals surface area contributed by atoms with Crippen LogP contribution < -0.4 is 5.56 Å². The molecule has 9 nitrogen and oxygen atoms in total. The first-order valence-electron chi connectivity index (χ1n) is 9.41. The van der Waals surface area contributed by atoms with Crippen LogP contribution in [-0.2, 0) is 13.6 Å². The fraction of sp³-hybridized carbons (Fsp3) is 0.368. The van der Waals surface area contributed by atoms with E-state index in [2.05, 4.69) is 25.4 Å². The van der Waals surface area contributed by atoms with Crippen LogP contribution in [0.3, 0.4) is 0 Å². The van der Waals surface area contributed by atoms with Crippen molar-refractivity contribution in [3.8, 4) is 0 Å². The summed E-state index contributed by atoms with van der Waals surface area (Å²) in [6, 6.07) is 6.67. The molecule has 1 saturated carbocycles. The number of hydrogen-bond donors (Lipinski definition) is 0. The minimum atomic E-state index is -0.264. The minimum Gasteiger partial charge on any atom is -0.337 e. The molecule has 3 heterocycles. The van der Waals surface area contributed by atoms with E-state index in [0.717, 1.165) is 24.8 Å². The second kappa shape index (κ2) is 6.87. The summed E-state index contributed by atoms with van der Waals surface area (Å²) in [4.78, 5) is 21.2. The van der Waals surface area contributed by atoms with Gasteiger partial charge in [-0.15, -0.1) is 5.10 Å². The lowest BCUT2D eigenvalue weighted by atomic mass is 9.96. The van der Waals surface area contributed by atoms with Crippen molar-refractivity contribution in [2.24, 2.45) is 7.05 Å². The van der Waals surface area contributed by atoms with E-state index >= 15 is 0 Å². The molecule has 0 saturated heterocycles. The summed E-state index contributed by atoms with van der Waals surface area (Å²) in [7, 11) is 1.64. The lowest BCUT2D eigenvalue weighted by Gasteiger charge is -2.09. The maximum absolute atomic E-state index is 13.1. The number of fused-ring (bicyclic) bond motifs is 1. The second-order valence-corrected chi connectivity index (χ2v) is 7.37. The summed E-state index contributed by atoms with van der Waals surface area (Å²) < 4.78 is 21.3. The van der Waals surface area contributed by atoms with Crippen LogP contribution in [0.2, 0.25) is 0 Å². The lowest BCUT2D eigenvalue weighted by molar-refractivity contribution is 0.361. The SMILES string of the molecule is Cn1nnc2ncn(Cc3nc([C@@H]4CC[C@@H](c5ccc(F)cc5)C4)no3)c(=O)c21. The lowest BCUT2D eigenvalue weighted by Crippen LogP contribution is -2.22. The molecule has 3 aromatic heterocycles. The first-order chi connectivity index (χ1) is 14.1. The number of benzene rings is 1. The average molecular weight is 395 g/mol. The van der Waals surface area contributed by atoms with Crippen LogP contribution in [0, 0.1) is 5.82 Å². The number of nitrogens with zero attached hydrogens (tertiary/aromatic N) is 7. The van der Waals surface area contributed by atoms with Gasteiger partial charge in [0.2, 0.25) is 11.5 Å². The molecule has 0 amide bonds. The third-order valence-corrected chi connectivity index (χ3v) is 5.52. The number of rotatable bonds is 4. The van der Waals surface area contributed by atoms with Gasteiger partial charge in [-0.2, -0.15) is 4.98 Å². The second-order valence-electron chi connectivity index (χ2n) is 7.37. The Morgan fingerprint density at radius 3 is 2.83 bits per heavy atom. The minimum absolute atomic E-state index is 0.133. The molecule has 1 fully saturated rings. The Labute approximate surface area is 164 Å². The van der Waals surface area contributed by atoms with Crippen molar-refractivity contribution in [3.63, 3.8) is 0 Å². The summed E-state index contributed by atoms with van der Waals surface area (Å²) in [5, 5.41) is 11.8. The van der Waals surface area contributed by atoms with E-state index in [-0.39, 0.29) is 23.8 Å². The maximum Gasteiger partial charge on any atom is 0.281 e. The molecule has 0 spiro atoms. The van der Waals surface area contributed by atoms with Gasteiger partial charge in [0.1, 0.15) is 18.7 Å². The van der Waals surface area contributed by atoms with Gasteiger partial charge >= 0.3 is 0 Å². The standard InChI is InChI=1S/C19H18FN7O2/c1-26-16-18(23-25-26)21-10-27(19(16)28)9-15-22-17(24-29-15)13-3-2-12(8-13)11-4-6-14(20)7-5-11/h4-7,10,12-13H,2-3,8-9H2,1H3/t12-,13-/m1/s1. The number of aryl methyl sites for hydroxylation is 1. The summed E-state index contributed by atoms with van der Waals surface area (Å²) >= 11 is 0. The van der Waals surface area contributed by atoms with Crippen molar-refractivity contribution in [1.82, 2.24) is 34.7 Å². The molecule has 1 aromatic carbocycles. The highest BCUT2D eigenvalue weighted by Crippen LogP contribution is 2.42. The fourth-order valence-electron chi connectivity index (χ4n) is 3.99. The Morgan fingerprint density at radius 2 is 2.00 bits per heavy atom. The highest BCUT2D eigenvalue weighted by molar-refractivity contribution is 5.67. The number of halogens is 1. The van der Waals surface area contributed by atoms with Crippen LogP contribution in [0.5, 0.6) is 0 Å². The molecule has 2 atom stereocenters. The van der Waals surface area contributed by atoms with Crippen molar-refractivity contribution in [2.45, 2.75) is 37.6 Å². The first kappa shape index (κ1) is 17.7. The zero-order valence-corrected chi connectivity index (χ0v) is 15.7. The van der Waals surface area contributed by atoms with Crippen LogP contribution in [0.4, 0.5) is 4.39 Å². The van der Waals surface area contributed by atoms with Crippen LogP contribution in [0.1, 0.15) is 48.4 Å². The average Bonchev–Trinajstić information content (AvgIpc) is 3.45.